The van der Waals surface area contributed by atoms with Crippen molar-refractivity contribution in [3.8, 4) is 28.6 Å². The molecule has 0 aliphatic heterocycles. The molecule has 0 unspecified atom stereocenters. The summed E-state index contributed by atoms with van der Waals surface area (Å²) in [5.41, 5.74) is 2.52. The van der Waals surface area contributed by atoms with Crippen molar-refractivity contribution in [3.05, 3.63) is 60.2 Å². The van der Waals surface area contributed by atoms with Gasteiger partial charge in [0, 0.05) is 31.7 Å². The summed E-state index contributed by atoms with van der Waals surface area (Å²) in [7, 11) is 3.52. The highest BCUT2D eigenvalue weighted by Gasteiger charge is 2.26. The van der Waals surface area contributed by atoms with E-state index < -0.39 is 6.10 Å². The van der Waals surface area contributed by atoms with Gasteiger partial charge in [-0.3, -0.25) is 4.90 Å². The van der Waals surface area contributed by atoms with Gasteiger partial charge in [0.25, 0.3) is 0 Å². The van der Waals surface area contributed by atoms with Crippen LogP contribution in [0, 0.1) is 0 Å². The molecule has 2 aromatic carbocycles. The van der Waals surface area contributed by atoms with Crippen molar-refractivity contribution in [1.82, 2.24) is 14.7 Å². The second kappa shape index (κ2) is 12.4. The topological polar surface area (TPSA) is 69.0 Å². The summed E-state index contributed by atoms with van der Waals surface area (Å²) >= 11 is 0. The molecule has 1 N–H and O–H groups in total. The van der Waals surface area contributed by atoms with Crippen LogP contribution in [-0.4, -0.2) is 57.8 Å². The molecule has 0 bridgehead atoms. The Bertz CT molecular complexity index is 1090. The maximum Gasteiger partial charge on any atom is 0.222 e. The normalized spacial score (nSPS) is 13.6. The van der Waals surface area contributed by atoms with Crippen molar-refractivity contribution in [1.29, 1.82) is 0 Å². The molecular weight excluding hydrogens is 454 g/mol. The fourth-order valence-corrected chi connectivity index (χ4v) is 3.99. The van der Waals surface area contributed by atoms with Crippen LogP contribution < -0.4 is 9.47 Å². The smallest absolute Gasteiger partial charge is 0.222 e. The van der Waals surface area contributed by atoms with Crippen LogP contribution in [0.5, 0.6) is 17.4 Å². The molecule has 3 rings (SSSR count). The zero-order valence-corrected chi connectivity index (χ0v) is 22.7. The Morgan fingerprint density at radius 3 is 2.28 bits per heavy atom. The van der Waals surface area contributed by atoms with Gasteiger partial charge >= 0.3 is 0 Å². The Morgan fingerprint density at radius 1 is 1.03 bits per heavy atom. The van der Waals surface area contributed by atoms with Gasteiger partial charge in [-0.15, -0.1) is 0 Å². The highest BCUT2D eigenvalue weighted by molar-refractivity contribution is 5.66. The van der Waals surface area contributed by atoms with Crippen molar-refractivity contribution in [3.63, 3.8) is 0 Å². The number of para-hydroxylation sites is 2. The van der Waals surface area contributed by atoms with Crippen LogP contribution in [-0.2, 0) is 18.3 Å². The van der Waals surface area contributed by atoms with E-state index in [9.17, 15) is 5.11 Å². The molecule has 0 spiro atoms. The molecule has 0 fully saturated rings. The number of ether oxygens (including phenoxy) is 3. The number of aryl methyl sites for hydroxylation is 1. The lowest BCUT2D eigenvalue weighted by Crippen LogP contribution is -2.41. The quantitative estimate of drug-likeness (QED) is 0.349. The minimum absolute atomic E-state index is 0.234. The molecule has 7 nitrogen and oxygen atoms in total. The fraction of sp³-hybridized carbons (Fsp3) is 0.483. The molecule has 196 valence electrons. The summed E-state index contributed by atoms with van der Waals surface area (Å²) in [4.78, 5) is 2.27. The Balaban J connectivity index is 1.99. The first-order valence-corrected chi connectivity index (χ1v) is 12.6. The first-order chi connectivity index (χ1) is 17.1. The van der Waals surface area contributed by atoms with Crippen molar-refractivity contribution >= 4 is 0 Å². The van der Waals surface area contributed by atoms with Gasteiger partial charge in [-0.25, -0.2) is 4.68 Å². The highest BCUT2D eigenvalue weighted by atomic mass is 16.5. The Labute approximate surface area is 215 Å². The third-order valence-electron chi connectivity index (χ3n) is 6.14. The van der Waals surface area contributed by atoms with E-state index in [0.29, 0.717) is 30.5 Å². The lowest BCUT2D eigenvalue weighted by molar-refractivity contribution is -0.0593. The number of nitrogens with zero attached hydrogens (tertiary/aromatic N) is 3. The molecule has 0 aliphatic rings. The SMILES string of the molecule is CC[C@@H](C)N(Cc1c(-c2ccccc2)nn(C)c1Oc1ccccc1OC)C[C@@H](O)COC(C)(C)C. The average Bonchev–Trinajstić information content (AvgIpc) is 3.17. The average molecular weight is 496 g/mol. The number of aliphatic hydroxyl groups is 1. The first-order valence-electron chi connectivity index (χ1n) is 12.6. The number of aromatic nitrogens is 2. The van der Waals surface area contributed by atoms with Crippen LogP contribution >= 0.6 is 0 Å². The molecule has 0 amide bonds. The second-order valence-electron chi connectivity index (χ2n) is 10.1. The van der Waals surface area contributed by atoms with Crippen LogP contribution in [0.15, 0.2) is 54.6 Å². The molecular formula is C29H41N3O4. The van der Waals surface area contributed by atoms with Gasteiger partial charge in [0.2, 0.25) is 5.88 Å². The summed E-state index contributed by atoms with van der Waals surface area (Å²) in [6.45, 7) is 11.6. The zero-order chi connectivity index (χ0) is 26.3. The van der Waals surface area contributed by atoms with E-state index in [1.807, 2.05) is 70.3 Å². The van der Waals surface area contributed by atoms with Crippen LogP contribution in [0.4, 0.5) is 0 Å². The summed E-state index contributed by atoms with van der Waals surface area (Å²) in [5.74, 6) is 1.92. The molecule has 1 heterocycles. The molecule has 1 aromatic heterocycles. The second-order valence-corrected chi connectivity index (χ2v) is 10.1. The predicted molar refractivity (Wildman–Crippen MR) is 144 cm³/mol. The van der Waals surface area contributed by atoms with E-state index >= 15 is 0 Å². The van der Waals surface area contributed by atoms with Gasteiger partial charge < -0.3 is 19.3 Å². The monoisotopic (exact) mass is 495 g/mol. The maximum atomic E-state index is 10.8. The third kappa shape index (κ3) is 7.32. The summed E-state index contributed by atoms with van der Waals surface area (Å²) in [6, 6.07) is 17.9. The van der Waals surface area contributed by atoms with Crippen molar-refractivity contribution in [2.75, 3.05) is 20.3 Å². The first kappa shape index (κ1) is 27.7. The number of hydrogen-bond donors (Lipinski definition) is 1. The third-order valence-corrected chi connectivity index (χ3v) is 6.14. The van der Waals surface area contributed by atoms with Crippen LogP contribution in [0.3, 0.4) is 0 Å². The van der Waals surface area contributed by atoms with Crippen LogP contribution in [0.25, 0.3) is 11.3 Å². The number of benzene rings is 2. The highest BCUT2D eigenvalue weighted by Crippen LogP contribution is 2.37. The number of methoxy groups -OCH3 is 1. The van der Waals surface area contributed by atoms with Gasteiger partial charge in [0.1, 0.15) is 5.69 Å². The molecule has 2 atom stereocenters. The minimum atomic E-state index is -0.617. The van der Waals surface area contributed by atoms with Crippen molar-refractivity contribution < 1.29 is 19.3 Å². The van der Waals surface area contributed by atoms with Gasteiger partial charge in [-0.2, -0.15) is 5.10 Å². The van der Waals surface area contributed by atoms with Gasteiger partial charge in [-0.1, -0.05) is 49.4 Å². The maximum absolute atomic E-state index is 10.8. The largest absolute Gasteiger partial charge is 0.493 e. The van der Waals surface area contributed by atoms with E-state index in [1.54, 1.807) is 11.8 Å². The van der Waals surface area contributed by atoms with Gasteiger partial charge in [0.05, 0.1) is 31.0 Å². The summed E-state index contributed by atoms with van der Waals surface area (Å²) in [5, 5.41) is 15.7. The molecule has 36 heavy (non-hydrogen) atoms. The fourth-order valence-electron chi connectivity index (χ4n) is 3.99. The summed E-state index contributed by atoms with van der Waals surface area (Å²) < 4.78 is 19.6. The lowest BCUT2D eigenvalue weighted by Gasteiger charge is -2.31. The summed E-state index contributed by atoms with van der Waals surface area (Å²) in [6.07, 6.45) is 0.324. The van der Waals surface area contributed by atoms with Crippen LogP contribution in [0.1, 0.15) is 46.6 Å². The van der Waals surface area contributed by atoms with Gasteiger partial charge in [0.15, 0.2) is 11.5 Å². The van der Waals surface area contributed by atoms with E-state index in [0.717, 1.165) is 23.2 Å². The molecule has 0 aliphatic carbocycles. The van der Waals surface area contributed by atoms with E-state index in [1.165, 1.54) is 0 Å². The minimum Gasteiger partial charge on any atom is -0.493 e. The molecule has 7 heteroatoms. The number of rotatable bonds is 12. The Morgan fingerprint density at radius 2 is 1.67 bits per heavy atom. The zero-order valence-electron chi connectivity index (χ0n) is 22.7. The molecule has 0 saturated heterocycles. The van der Waals surface area contributed by atoms with Gasteiger partial charge in [-0.05, 0) is 46.2 Å². The van der Waals surface area contributed by atoms with E-state index in [4.69, 9.17) is 19.3 Å². The van der Waals surface area contributed by atoms with Crippen LogP contribution in [0.2, 0.25) is 0 Å². The molecule has 3 aromatic rings. The molecule has 0 radical (unpaired) electrons. The predicted octanol–water partition coefficient (Wildman–Crippen LogP) is 5.66. The lowest BCUT2D eigenvalue weighted by atomic mass is 10.1. The molecule has 0 saturated carbocycles. The van der Waals surface area contributed by atoms with E-state index in [2.05, 4.69) is 30.9 Å². The van der Waals surface area contributed by atoms with Crippen molar-refractivity contribution in [2.45, 2.75) is 65.3 Å². The van der Waals surface area contributed by atoms with E-state index in [-0.39, 0.29) is 18.2 Å². The number of aliphatic hydroxyl groups excluding tert-OH is 1. The van der Waals surface area contributed by atoms with Crippen molar-refractivity contribution in [2.24, 2.45) is 7.05 Å². The Kier molecular flexibility index (Phi) is 9.54. The Hall–Kier alpha value is -2.87. The number of hydrogen-bond acceptors (Lipinski definition) is 6. The standard InChI is InChI=1S/C29H41N3O4/c1-8-21(2)32(18-23(33)20-35-29(3,4)5)19-24-27(22-14-10-9-11-15-22)30-31(6)28(24)36-26-17-13-12-16-25(26)34-7/h9-17,21,23,33H,8,18-20H2,1-7H3/t21-,23-/m1/s1.